The molecule has 0 unspecified atom stereocenters. The van der Waals surface area contributed by atoms with Crippen LogP contribution in [0.5, 0.6) is 5.75 Å². The highest BCUT2D eigenvalue weighted by Gasteiger charge is 2.30. The second-order valence-electron chi connectivity index (χ2n) is 7.08. The maximum atomic E-state index is 12.8. The smallest absolute Gasteiger partial charge is 0.416 e. The summed E-state index contributed by atoms with van der Waals surface area (Å²) in [5, 5.41) is 8.57. The summed E-state index contributed by atoms with van der Waals surface area (Å²) in [4.78, 5) is 35.7. The summed E-state index contributed by atoms with van der Waals surface area (Å²) >= 11 is 3.28. The van der Waals surface area contributed by atoms with Crippen LogP contribution >= 0.6 is 15.9 Å². The first-order valence-electron chi connectivity index (χ1n) is 10.0. The van der Waals surface area contributed by atoms with E-state index in [1.807, 2.05) is 6.92 Å². The minimum atomic E-state index is -4.53. The van der Waals surface area contributed by atoms with Gasteiger partial charge >= 0.3 is 18.0 Å². The summed E-state index contributed by atoms with van der Waals surface area (Å²) < 4.78 is 44.6. The second kappa shape index (κ2) is 12.2. The maximum Gasteiger partial charge on any atom is 0.416 e. The average Bonchev–Trinajstić information content (AvgIpc) is 2.77. The number of alkyl halides is 3. The molecule has 1 atom stereocenters. The van der Waals surface area contributed by atoms with E-state index in [9.17, 15) is 27.6 Å². The highest BCUT2D eigenvalue weighted by molar-refractivity contribution is 9.10. The van der Waals surface area contributed by atoms with Gasteiger partial charge in [0.1, 0.15) is 5.75 Å². The van der Waals surface area contributed by atoms with Crippen molar-refractivity contribution in [2.24, 2.45) is 5.10 Å². The van der Waals surface area contributed by atoms with Crippen LogP contribution in [-0.2, 0) is 20.6 Å². The summed E-state index contributed by atoms with van der Waals surface area (Å²) in [6.07, 6.45) is -2.66. The number of anilines is 1. The van der Waals surface area contributed by atoms with Crippen molar-refractivity contribution >= 4 is 45.6 Å². The second-order valence-corrected chi connectivity index (χ2v) is 8.00. The molecule has 3 N–H and O–H groups in total. The van der Waals surface area contributed by atoms with Gasteiger partial charge in [-0.1, -0.05) is 28.9 Å². The number of halogens is 4. The lowest BCUT2D eigenvalue weighted by atomic mass is 10.2. The van der Waals surface area contributed by atoms with Crippen molar-refractivity contribution in [1.29, 1.82) is 0 Å². The number of rotatable bonds is 8. The molecule has 0 aromatic heterocycles. The summed E-state index contributed by atoms with van der Waals surface area (Å²) in [6.45, 7) is 3.11. The number of ether oxygens (including phenoxy) is 1. The third kappa shape index (κ3) is 8.50. The zero-order chi connectivity index (χ0) is 25.3. The van der Waals surface area contributed by atoms with E-state index in [2.05, 4.69) is 37.1 Å². The lowest BCUT2D eigenvalue weighted by Gasteiger charge is -2.12. The predicted molar refractivity (Wildman–Crippen MR) is 123 cm³/mol. The lowest BCUT2D eigenvalue weighted by Crippen LogP contribution is -2.41. The van der Waals surface area contributed by atoms with Gasteiger partial charge in [0, 0.05) is 21.8 Å². The van der Waals surface area contributed by atoms with Crippen LogP contribution in [-0.4, -0.2) is 36.6 Å². The summed E-state index contributed by atoms with van der Waals surface area (Å²) in [7, 11) is 0. The van der Waals surface area contributed by atoms with Crippen molar-refractivity contribution in [3.8, 4) is 5.75 Å². The van der Waals surface area contributed by atoms with Gasteiger partial charge in [0.05, 0.1) is 11.8 Å². The fraction of sp³-hybridized carbons (Fsp3) is 0.273. The van der Waals surface area contributed by atoms with Crippen molar-refractivity contribution in [1.82, 2.24) is 10.7 Å². The quantitative estimate of drug-likeness (QED) is 0.267. The average molecular weight is 543 g/mol. The molecule has 0 radical (unpaired) electrons. The lowest BCUT2D eigenvalue weighted by molar-refractivity contribution is -0.139. The Bertz CT molecular complexity index is 1080. The number of benzene rings is 2. The molecule has 0 saturated carbocycles. The first-order valence-corrected chi connectivity index (χ1v) is 10.8. The molecule has 34 heavy (non-hydrogen) atoms. The van der Waals surface area contributed by atoms with Gasteiger partial charge in [-0.25, -0.2) is 5.43 Å². The number of hydrogen-bond acceptors (Lipinski definition) is 5. The van der Waals surface area contributed by atoms with Crippen molar-refractivity contribution in [3.05, 3.63) is 58.1 Å². The van der Waals surface area contributed by atoms with Crippen LogP contribution in [0.3, 0.4) is 0 Å². The van der Waals surface area contributed by atoms with Crippen molar-refractivity contribution in [3.63, 3.8) is 0 Å². The van der Waals surface area contributed by atoms with Crippen LogP contribution in [0.15, 0.2) is 52.0 Å². The predicted octanol–water partition coefficient (Wildman–Crippen LogP) is 3.85. The Labute approximate surface area is 202 Å². The highest BCUT2D eigenvalue weighted by Crippen LogP contribution is 2.30. The minimum Gasteiger partial charge on any atom is -0.483 e. The van der Waals surface area contributed by atoms with Gasteiger partial charge < -0.3 is 15.4 Å². The van der Waals surface area contributed by atoms with Crippen molar-refractivity contribution in [2.75, 3.05) is 11.9 Å². The molecule has 8 nitrogen and oxygen atoms in total. The molecule has 2 aromatic carbocycles. The molecule has 12 heteroatoms. The fourth-order valence-corrected chi connectivity index (χ4v) is 2.85. The molecular formula is C22H22BrF3N4O4. The van der Waals surface area contributed by atoms with E-state index in [1.165, 1.54) is 24.4 Å². The van der Waals surface area contributed by atoms with E-state index >= 15 is 0 Å². The Morgan fingerprint density at radius 3 is 2.56 bits per heavy atom. The molecule has 0 spiro atoms. The molecule has 0 heterocycles. The van der Waals surface area contributed by atoms with E-state index in [0.717, 1.165) is 12.1 Å². The zero-order valence-electron chi connectivity index (χ0n) is 18.2. The normalized spacial score (nSPS) is 12.2. The number of carbonyl (C=O) groups excluding carboxylic acids is 3. The topological polar surface area (TPSA) is 109 Å². The van der Waals surface area contributed by atoms with E-state index in [4.69, 9.17) is 4.74 Å². The van der Waals surface area contributed by atoms with Crippen LogP contribution < -0.4 is 20.8 Å². The molecule has 0 aliphatic heterocycles. The molecule has 0 fully saturated rings. The molecule has 2 rings (SSSR count). The third-order valence-corrected chi connectivity index (χ3v) is 4.86. The van der Waals surface area contributed by atoms with Gasteiger partial charge in [-0.2, -0.15) is 18.3 Å². The van der Waals surface area contributed by atoms with Gasteiger partial charge in [-0.3, -0.25) is 14.4 Å². The third-order valence-electron chi connectivity index (χ3n) is 4.37. The van der Waals surface area contributed by atoms with E-state index in [-0.39, 0.29) is 17.5 Å². The van der Waals surface area contributed by atoms with Crippen LogP contribution in [0, 0.1) is 0 Å². The number of hydrazone groups is 1. The standard InChI is InChI=1S/C22H22BrF3N4O4/c1-3-13(2)28-20(32)21(33)30-27-11-14-9-16(23)7-8-18(14)34-12-19(31)29-17-6-4-5-15(10-17)22(24,25)26/h4-11,13H,3,12H2,1-2H3,(H,28,32)(H,29,31)(H,30,33)/b27-11-/t13-/m0/s1. The highest BCUT2D eigenvalue weighted by atomic mass is 79.9. The SMILES string of the molecule is CC[C@H](C)NC(=O)C(=O)N/N=C\c1cc(Br)ccc1OCC(=O)Nc1cccc(C(F)(F)F)c1. The Morgan fingerprint density at radius 1 is 1.15 bits per heavy atom. The van der Waals surface area contributed by atoms with Crippen LogP contribution in [0.1, 0.15) is 31.4 Å². The Balaban J connectivity index is 1.99. The van der Waals surface area contributed by atoms with Crippen LogP contribution in [0.25, 0.3) is 0 Å². The summed E-state index contributed by atoms with van der Waals surface area (Å²) in [6, 6.07) is 8.80. The molecular weight excluding hydrogens is 521 g/mol. The Hall–Kier alpha value is -3.41. The molecule has 3 amide bonds. The van der Waals surface area contributed by atoms with Crippen LogP contribution in [0.2, 0.25) is 0 Å². The van der Waals surface area contributed by atoms with Crippen molar-refractivity contribution < 1.29 is 32.3 Å². The minimum absolute atomic E-state index is 0.0283. The Kier molecular flexibility index (Phi) is 9.60. The molecule has 0 saturated heterocycles. The largest absolute Gasteiger partial charge is 0.483 e. The van der Waals surface area contributed by atoms with Gasteiger partial charge in [0.2, 0.25) is 0 Å². The van der Waals surface area contributed by atoms with Gasteiger partial charge in [0.25, 0.3) is 5.91 Å². The van der Waals surface area contributed by atoms with E-state index < -0.39 is 36.1 Å². The number of nitrogens with one attached hydrogen (secondary N) is 3. The van der Waals surface area contributed by atoms with E-state index in [1.54, 1.807) is 19.1 Å². The number of amides is 3. The van der Waals surface area contributed by atoms with E-state index in [0.29, 0.717) is 16.5 Å². The first kappa shape index (κ1) is 26.8. The van der Waals surface area contributed by atoms with Crippen LogP contribution in [0.4, 0.5) is 18.9 Å². The number of carbonyl (C=O) groups is 3. The first-order chi connectivity index (χ1) is 16.0. The number of nitrogens with zero attached hydrogens (tertiary/aromatic N) is 1. The summed E-state index contributed by atoms with van der Waals surface area (Å²) in [5.41, 5.74) is 1.54. The molecule has 182 valence electrons. The summed E-state index contributed by atoms with van der Waals surface area (Å²) in [5.74, 6) is -2.25. The molecule has 0 bridgehead atoms. The fourth-order valence-electron chi connectivity index (χ4n) is 2.47. The monoisotopic (exact) mass is 542 g/mol. The zero-order valence-corrected chi connectivity index (χ0v) is 19.8. The molecule has 0 aliphatic carbocycles. The number of hydrogen-bond donors (Lipinski definition) is 3. The van der Waals surface area contributed by atoms with Gasteiger partial charge in [0.15, 0.2) is 6.61 Å². The Morgan fingerprint density at radius 2 is 1.88 bits per heavy atom. The molecule has 2 aromatic rings. The van der Waals surface area contributed by atoms with Gasteiger partial charge in [-0.05, 0) is 49.7 Å². The van der Waals surface area contributed by atoms with Gasteiger partial charge in [-0.15, -0.1) is 0 Å². The molecule has 0 aliphatic rings. The van der Waals surface area contributed by atoms with Crippen molar-refractivity contribution in [2.45, 2.75) is 32.5 Å². The maximum absolute atomic E-state index is 12.8.